The maximum Gasteiger partial charge on any atom is 0.311 e. The van der Waals surface area contributed by atoms with Crippen molar-refractivity contribution in [2.24, 2.45) is 0 Å². The van der Waals surface area contributed by atoms with E-state index < -0.39 is 22.3 Å². The van der Waals surface area contributed by atoms with Crippen molar-refractivity contribution < 1.29 is 19.9 Å². The van der Waals surface area contributed by atoms with Crippen molar-refractivity contribution in [3.05, 3.63) is 63.7 Å². The predicted octanol–water partition coefficient (Wildman–Crippen LogP) is 2.55. The number of phenols is 2. The van der Waals surface area contributed by atoms with Crippen molar-refractivity contribution in [1.82, 2.24) is 0 Å². The average molecular weight is 325 g/mol. The van der Waals surface area contributed by atoms with Crippen LogP contribution >= 0.6 is 0 Å². The summed E-state index contributed by atoms with van der Waals surface area (Å²) in [5.74, 6) is -1.19. The third-order valence-electron chi connectivity index (χ3n) is 3.00. The Kier molecular flexibility index (Phi) is 4.77. The highest BCUT2D eigenvalue weighted by molar-refractivity contribution is 6.09. The smallest absolute Gasteiger partial charge is 0.311 e. The summed E-state index contributed by atoms with van der Waals surface area (Å²) in [6, 6.07) is 10.9. The molecule has 0 radical (unpaired) electrons. The SMILES string of the molecule is N#C/C(=C\c1ccc(O)c([N+](=O)[O-])c1)C(=O)Nc1ccc(O)cc1. The van der Waals surface area contributed by atoms with Gasteiger partial charge in [-0.3, -0.25) is 14.9 Å². The van der Waals surface area contributed by atoms with Crippen molar-refractivity contribution in [2.45, 2.75) is 0 Å². The molecule has 0 fully saturated rings. The summed E-state index contributed by atoms with van der Waals surface area (Å²) in [6.45, 7) is 0. The standard InChI is InChI=1S/C16H11N3O5/c17-9-11(16(22)18-12-2-4-13(20)5-3-12)7-10-1-6-15(21)14(8-10)19(23)24/h1-8,20-21H,(H,18,22)/b11-7+. The molecule has 0 unspecified atom stereocenters. The lowest BCUT2D eigenvalue weighted by atomic mass is 10.1. The fourth-order valence-corrected chi connectivity index (χ4v) is 1.83. The lowest BCUT2D eigenvalue weighted by molar-refractivity contribution is -0.385. The number of carbonyl (C=O) groups is 1. The molecule has 1 amide bonds. The van der Waals surface area contributed by atoms with E-state index in [0.29, 0.717) is 5.69 Å². The Bertz CT molecular complexity index is 866. The van der Waals surface area contributed by atoms with E-state index in [-0.39, 0.29) is 16.9 Å². The Labute approximate surface area is 136 Å². The molecule has 2 rings (SSSR count). The minimum atomic E-state index is -0.769. The number of anilines is 1. The van der Waals surface area contributed by atoms with Crippen LogP contribution in [0.1, 0.15) is 5.56 Å². The Morgan fingerprint density at radius 2 is 1.88 bits per heavy atom. The van der Waals surface area contributed by atoms with Gasteiger partial charge in [0.05, 0.1) is 4.92 Å². The number of nitro groups is 1. The summed E-state index contributed by atoms with van der Waals surface area (Å²) in [4.78, 5) is 22.1. The number of nitro benzene ring substituents is 1. The maximum absolute atomic E-state index is 12.1. The molecule has 0 aliphatic rings. The number of benzene rings is 2. The van der Waals surface area contributed by atoms with Crippen LogP contribution in [0.15, 0.2) is 48.0 Å². The Hall–Kier alpha value is -3.86. The molecule has 0 atom stereocenters. The van der Waals surface area contributed by atoms with Crippen LogP contribution in [0.2, 0.25) is 0 Å². The summed E-state index contributed by atoms with van der Waals surface area (Å²) >= 11 is 0. The zero-order valence-electron chi connectivity index (χ0n) is 12.1. The third-order valence-corrected chi connectivity index (χ3v) is 3.00. The highest BCUT2D eigenvalue weighted by Gasteiger charge is 2.15. The maximum atomic E-state index is 12.1. The highest BCUT2D eigenvalue weighted by Crippen LogP contribution is 2.27. The van der Waals surface area contributed by atoms with Crippen LogP contribution in [0.25, 0.3) is 6.08 Å². The number of rotatable bonds is 4. The van der Waals surface area contributed by atoms with Crippen molar-refractivity contribution >= 4 is 23.4 Å². The van der Waals surface area contributed by atoms with Gasteiger partial charge in [0.25, 0.3) is 5.91 Å². The molecule has 24 heavy (non-hydrogen) atoms. The van der Waals surface area contributed by atoms with Gasteiger partial charge in [0.1, 0.15) is 17.4 Å². The lowest BCUT2D eigenvalue weighted by Gasteiger charge is -2.04. The Morgan fingerprint density at radius 3 is 2.46 bits per heavy atom. The van der Waals surface area contributed by atoms with Gasteiger partial charge in [0, 0.05) is 11.8 Å². The molecule has 0 aliphatic carbocycles. The summed E-state index contributed by atoms with van der Waals surface area (Å²) < 4.78 is 0. The van der Waals surface area contributed by atoms with E-state index >= 15 is 0 Å². The van der Waals surface area contributed by atoms with Gasteiger partial charge < -0.3 is 15.5 Å². The van der Waals surface area contributed by atoms with Gasteiger partial charge in [-0.1, -0.05) is 6.07 Å². The second-order valence-corrected chi connectivity index (χ2v) is 4.68. The van der Waals surface area contributed by atoms with Gasteiger partial charge in [0.15, 0.2) is 5.75 Å². The first-order valence-corrected chi connectivity index (χ1v) is 6.60. The molecular weight excluding hydrogens is 314 g/mol. The van der Waals surface area contributed by atoms with Crippen molar-refractivity contribution in [3.63, 3.8) is 0 Å². The second-order valence-electron chi connectivity index (χ2n) is 4.68. The first kappa shape index (κ1) is 16.5. The number of nitrogens with zero attached hydrogens (tertiary/aromatic N) is 2. The van der Waals surface area contributed by atoms with Crippen molar-refractivity contribution in [2.75, 3.05) is 5.32 Å². The molecule has 0 saturated carbocycles. The number of nitrogens with one attached hydrogen (secondary N) is 1. The number of nitriles is 1. The molecule has 8 nitrogen and oxygen atoms in total. The topological polar surface area (TPSA) is 136 Å². The van der Waals surface area contributed by atoms with Gasteiger partial charge in [-0.2, -0.15) is 5.26 Å². The number of amides is 1. The highest BCUT2D eigenvalue weighted by atomic mass is 16.6. The first-order chi connectivity index (χ1) is 11.4. The molecule has 2 aromatic rings. The van der Waals surface area contributed by atoms with Gasteiger partial charge >= 0.3 is 5.69 Å². The van der Waals surface area contributed by atoms with E-state index in [2.05, 4.69) is 5.32 Å². The van der Waals surface area contributed by atoms with E-state index in [9.17, 15) is 25.1 Å². The third kappa shape index (κ3) is 3.86. The van der Waals surface area contributed by atoms with E-state index in [1.807, 2.05) is 0 Å². The molecule has 0 spiro atoms. The van der Waals surface area contributed by atoms with Gasteiger partial charge in [-0.25, -0.2) is 0 Å². The van der Waals surface area contributed by atoms with E-state index in [4.69, 9.17) is 5.26 Å². The van der Waals surface area contributed by atoms with Crippen molar-refractivity contribution in [3.8, 4) is 17.6 Å². The minimum Gasteiger partial charge on any atom is -0.508 e. The second kappa shape index (κ2) is 6.93. The molecule has 0 aromatic heterocycles. The zero-order valence-corrected chi connectivity index (χ0v) is 12.1. The fourth-order valence-electron chi connectivity index (χ4n) is 1.83. The molecule has 0 bridgehead atoms. The average Bonchev–Trinajstić information content (AvgIpc) is 2.55. The molecule has 0 aliphatic heterocycles. The number of phenolic OH excluding ortho intramolecular Hbond substituents is 2. The molecule has 8 heteroatoms. The minimum absolute atomic E-state index is 0.0282. The van der Waals surface area contributed by atoms with E-state index in [1.54, 1.807) is 6.07 Å². The van der Waals surface area contributed by atoms with Gasteiger partial charge in [0.2, 0.25) is 0 Å². The number of hydrogen-bond acceptors (Lipinski definition) is 6. The summed E-state index contributed by atoms with van der Waals surface area (Å²) in [7, 11) is 0. The fraction of sp³-hybridized carbons (Fsp3) is 0. The molecular formula is C16H11N3O5. The van der Waals surface area contributed by atoms with Gasteiger partial charge in [-0.05, 0) is 42.0 Å². The van der Waals surface area contributed by atoms with Crippen LogP contribution < -0.4 is 5.32 Å². The number of aromatic hydroxyl groups is 2. The predicted molar refractivity (Wildman–Crippen MR) is 85.1 cm³/mol. The van der Waals surface area contributed by atoms with Crippen LogP contribution in [0.3, 0.4) is 0 Å². The van der Waals surface area contributed by atoms with Crippen LogP contribution in [-0.4, -0.2) is 21.0 Å². The summed E-state index contributed by atoms with van der Waals surface area (Å²) in [5.41, 5.74) is -0.212. The van der Waals surface area contributed by atoms with Crippen LogP contribution in [0.4, 0.5) is 11.4 Å². The van der Waals surface area contributed by atoms with Crippen LogP contribution in [0.5, 0.6) is 11.5 Å². The Balaban J connectivity index is 2.27. The Morgan fingerprint density at radius 1 is 1.21 bits per heavy atom. The van der Waals surface area contributed by atoms with E-state index in [0.717, 1.165) is 12.1 Å². The number of carbonyl (C=O) groups excluding carboxylic acids is 1. The van der Waals surface area contributed by atoms with E-state index in [1.165, 1.54) is 36.4 Å². The number of hydrogen-bond donors (Lipinski definition) is 3. The van der Waals surface area contributed by atoms with Crippen LogP contribution in [0, 0.1) is 21.4 Å². The summed E-state index contributed by atoms with van der Waals surface area (Å²) in [5, 5.41) is 40.9. The van der Waals surface area contributed by atoms with Crippen molar-refractivity contribution in [1.29, 1.82) is 5.26 Å². The quantitative estimate of drug-likeness (QED) is 0.260. The molecule has 0 saturated heterocycles. The molecule has 3 N–H and O–H groups in total. The molecule has 0 heterocycles. The van der Waals surface area contributed by atoms with Crippen LogP contribution in [-0.2, 0) is 4.79 Å². The largest absolute Gasteiger partial charge is 0.508 e. The first-order valence-electron chi connectivity index (χ1n) is 6.60. The zero-order chi connectivity index (χ0) is 17.7. The molecule has 2 aromatic carbocycles. The summed E-state index contributed by atoms with van der Waals surface area (Å²) in [6.07, 6.45) is 1.17. The molecule has 120 valence electrons. The monoisotopic (exact) mass is 325 g/mol. The lowest BCUT2D eigenvalue weighted by Crippen LogP contribution is -2.13. The normalized spacial score (nSPS) is 10.7. The van der Waals surface area contributed by atoms with Gasteiger partial charge in [-0.15, -0.1) is 0 Å².